The number of amides is 1. The molecule has 1 aliphatic rings. The van der Waals surface area contributed by atoms with Gasteiger partial charge in [-0.3, -0.25) is 9.69 Å². The first kappa shape index (κ1) is 17.5. The van der Waals surface area contributed by atoms with Gasteiger partial charge in [0.05, 0.1) is 0 Å². The Morgan fingerprint density at radius 3 is 2.40 bits per heavy atom. The number of ether oxygens (including phenoxy) is 1. The SMILES string of the molecule is C[C@H](Oc1ccccc1)C(=O)NCc1ccccc1CN1CCCC1. The van der Waals surface area contributed by atoms with E-state index in [-0.39, 0.29) is 5.91 Å². The van der Waals surface area contributed by atoms with Gasteiger partial charge in [0.2, 0.25) is 0 Å². The van der Waals surface area contributed by atoms with Crippen LogP contribution < -0.4 is 10.1 Å². The maximum Gasteiger partial charge on any atom is 0.261 e. The van der Waals surface area contributed by atoms with Crippen molar-refractivity contribution < 1.29 is 9.53 Å². The Labute approximate surface area is 149 Å². The first-order valence-electron chi connectivity index (χ1n) is 9.01. The second-order valence-corrected chi connectivity index (χ2v) is 6.54. The van der Waals surface area contributed by atoms with E-state index in [9.17, 15) is 4.79 Å². The minimum Gasteiger partial charge on any atom is -0.481 e. The number of para-hydroxylation sites is 1. The van der Waals surface area contributed by atoms with Crippen LogP contribution in [0.15, 0.2) is 54.6 Å². The van der Waals surface area contributed by atoms with Crippen LogP contribution in [-0.2, 0) is 17.9 Å². The molecule has 0 bridgehead atoms. The van der Waals surface area contributed by atoms with E-state index in [0.29, 0.717) is 12.3 Å². The van der Waals surface area contributed by atoms with Gasteiger partial charge in [-0.1, -0.05) is 42.5 Å². The van der Waals surface area contributed by atoms with Crippen molar-refractivity contribution in [3.05, 3.63) is 65.7 Å². The predicted octanol–water partition coefficient (Wildman–Crippen LogP) is 3.37. The lowest BCUT2D eigenvalue weighted by Crippen LogP contribution is -2.36. The summed E-state index contributed by atoms with van der Waals surface area (Å²) in [5.41, 5.74) is 2.47. The zero-order valence-electron chi connectivity index (χ0n) is 14.8. The fraction of sp³-hybridized carbons (Fsp3) is 0.381. The normalized spacial score (nSPS) is 15.7. The molecule has 1 amide bonds. The Morgan fingerprint density at radius 2 is 1.68 bits per heavy atom. The van der Waals surface area contributed by atoms with Crippen LogP contribution in [0.1, 0.15) is 30.9 Å². The molecule has 4 heteroatoms. The van der Waals surface area contributed by atoms with Gasteiger partial charge in [-0.05, 0) is 56.1 Å². The standard InChI is InChI=1S/C21H26N2O2/c1-17(25-20-11-3-2-4-12-20)21(24)22-15-18-9-5-6-10-19(18)16-23-13-7-8-14-23/h2-6,9-12,17H,7-8,13-16H2,1H3,(H,22,24)/t17-/m0/s1. The zero-order valence-corrected chi connectivity index (χ0v) is 14.8. The van der Waals surface area contributed by atoms with E-state index in [4.69, 9.17) is 4.74 Å². The van der Waals surface area contributed by atoms with Gasteiger partial charge < -0.3 is 10.1 Å². The molecule has 25 heavy (non-hydrogen) atoms. The molecule has 132 valence electrons. The summed E-state index contributed by atoms with van der Waals surface area (Å²) in [5, 5.41) is 3.00. The predicted molar refractivity (Wildman–Crippen MR) is 99.3 cm³/mol. The van der Waals surface area contributed by atoms with Crippen LogP contribution in [0.25, 0.3) is 0 Å². The Morgan fingerprint density at radius 1 is 1.04 bits per heavy atom. The van der Waals surface area contributed by atoms with Gasteiger partial charge in [-0.15, -0.1) is 0 Å². The van der Waals surface area contributed by atoms with E-state index in [1.54, 1.807) is 6.92 Å². The smallest absolute Gasteiger partial charge is 0.261 e. The molecule has 0 aliphatic carbocycles. The lowest BCUT2D eigenvalue weighted by atomic mass is 10.1. The molecule has 1 heterocycles. The number of benzene rings is 2. The monoisotopic (exact) mass is 338 g/mol. The number of carbonyl (C=O) groups is 1. The van der Waals surface area contributed by atoms with Gasteiger partial charge in [0.1, 0.15) is 5.75 Å². The van der Waals surface area contributed by atoms with Crippen molar-refractivity contribution in [2.45, 2.75) is 39.0 Å². The molecule has 1 saturated heterocycles. The van der Waals surface area contributed by atoms with E-state index < -0.39 is 6.10 Å². The van der Waals surface area contributed by atoms with Crippen LogP contribution in [0.4, 0.5) is 0 Å². The van der Waals surface area contributed by atoms with Gasteiger partial charge in [0, 0.05) is 13.1 Å². The molecule has 2 aromatic rings. The second-order valence-electron chi connectivity index (χ2n) is 6.54. The molecule has 0 radical (unpaired) electrons. The highest BCUT2D eigenvalue weighted by Gasteiger charge is 2.16. The fourth-order valence-corrected chi connectivity index (χ4v) is 3.15. The molecule has 0 saturated carbocycles. The lowest BCUT2D eigenvalue weighted by Gasteiger charge is -2.19. The van der Waals surface area contributed by atoms with E-state index >= 15 is 0 Å². The third-order valence-electron chi connectivity index (χ3n) is 4.59. The minimum atomic E-state index is -0.520. The van der Waals surface area contributed by atoms with Gasteiger partial charge in [-0.2, -0.15) is 0 Å². The van der Waals surface area contributed by atoms with Crippen molar-refractivity contribution in [3.8, 4) is 5.75 Å². The molecular weight excluding hydrogens is 312 g/mol. The molecule has 1 atom stereocenters. The van der Waals surface area contributed by atoms with Crippen molar-refractivity contribution in [1.82, 2.24) is 10.2 Å². The van der Waals surface area contributed by atoms with E-state index in [0.717, 1.165) is 6.54 Å². The number of rotatable bonds is 7. The first-order chi connectivity index (χ1) is 12.2. The maximum absolute atomic E-state index is 12.3. The number of likely N-dealkylation sites (tertiary alicyclic amines) is 1. The van der Waals surface area contributed by atoms with Crippen molar-refractivity contribution in [1.29, 1.82) is 0 Å². The van der Waals surface area contributed by atoms with E-state index in [1.807, 2.05) is 36.4 Å². The third-order valence-corrected chi connectivity index (χ3v) is 4.59. The highest BCUT2D eigenvalue weighted by atomic mass is 16.5. The number of nitrogens with zero attached hydrogens (tertiary/aromatic N) is 1. The molecule has 4 nitrogen and oxygen atoms in total. The molecular formula is C21H26N2O2. The summed E-state index contributed by atoms with van der Waals surface area (Å²) in [5.74, 6) is 0.611. The summed E-state index contributed by atoms with van der Waals surface area (Å²) in [7, 11) is 0. The first-order valence-corrected chi connectivity index (χ1v) is 9.01. The average Bonchev–Trinajstić information content (AvgIpc) is 3.14. The second kappa shape index (κ2) is 8.67. The summed E-state index contributed by atoms with van der Waals surface area (Å²) in [6.45, 7) is 5.61. The zero-order chi connectivity index (χ0) is 17.5. The highest BCUT2D eigenvalue weighted by molar-refractivity contribution is 5.80. The molecule has 0 spiro atoms. The van der Waals surface area contributed by atoms with Crippen LogP contribution in [-0.4, -0.2) is 30.0 Å². The number of hydrogen-bond acceptors (Lipinski definition) is 3. The Bertz CT molecular complexity index is 681. The Hall–Kier alpha value is -2.33. The Kier molecular flexibility index (Phi) is 6.07. The molecule has 0 unspecified atom stereocenters. The molecule has 3 rings (SSSR count). The molecule has 2 aromatic carbocycles. The quantitative estimate of drug-likeness (QED) is 0.842. The number of nitrogens with one attached hydrogen (secondary N) is 1. The van der Waals surface area contributed by atoms with Crippen molar-refractivity contribution in [3.63, 3.8) is 0 Å². The van der Waals surface area contributed by atoms with Crippen LogP contribution in [0.2, 0.25) is 0 Å². The summed E-state index contributed by atoms with van der Waals surface area (Å²) < 4.78 is 5.68. The maximum atomic E-state index is 12.3. The van der Waals surface area contributed by atoms with Gasteiger partial charge in [-0.25, -0.2) is 0 Å². The van der Waals surface area contributed by atoms with Crippen molar-refractivity contribution in [2.75, 3.05) is 13.1 Å². The van der Waals surface area contributed by atoms with Gasteiger partial charge in [0.25, 0.3) is 5.91 Å². The van der Waals surface area contributed by atoms with E-state index in [2.05, 4.69) is 28.4 Å². The van der Waals surface area contributed by atoms with Crippen LogP contribution in [0.3, 0.4) is 0 Å². The van der Waals surface area contributed by atoms with Crippen LogP contribution in [0.5, 0.6) is 5.75 Å². The Balaban J connectivity index is 1.54. The summed E-state index contributed by atoms with van der Waals surface area (Å²) in [6, 6.07) is 17.8. The molecule has 1 aliphatic heterocycles. The lowest BCUT2D eigenvalue weighted by molar-refractivity contribution is -0.127. The van der Waals surface area contributed by atoms with Gasteiger partial charge >= 0.3 is 0 Å². The average molecular weight is 338 g/mol. The van der Waals surface area contributed by atoms with Gasteiger partial charge in [0.15, 0.2) is 6.10 Å². The molecule has 0 aromatic heterocycles. The van der Waals surface area contributed by atoms with E-state index in [1.165, 1.54) is 37.1 Å². The third kappa shape index (κ3) is 5.07. The number of carbonyl (C=O) groups excluding carboxylic acids is 1. The topological polar surface area (TPSA) is 41.6 Å². The largest absolute Gasteiger partial charge is 0.481 e. The molecule has 1 N–H and O–H groups in total. The van der Waals surface area contributed by atoms with Crippen LogP contribution in [0, 0.1) is 0 Å². The fourth-order valence-electron chi connectivity index (χ4n) is 3.15. The minimum absolute atomic E-state index is 0.0974. The van der Waals surface area contributed by atoms with Crippen molar-refractivity contribution in [2.24, 2.45) is 0 Å². The highest BCUT2D eigenvalue weighted by Crippen LogP contribution is 2.16. The summed E-state index contributed by atoms with van der Waals surface area (Å²) in [4.78, 5) is 14.8. The number of hydrogen-bond donors (Lipinski definition) is 1. The summed E-state index contributed by atoms with van der Waals surface area (Å²) in [6.07, 6.45) is 2.05. The molecule has 1 fully saturated rings. The summed E-state index contributed by atoms with van der Waals surface area (Å²) >= 11 is 0. The van der Waals surface area contributed by atoms with Crippen LogP contribution >= 0.6 is 0 Å². The van der Waals surface area contributed by atoms with Crippen molar-refractivity contribution >= 4 is 5.91 Å².